The minimum Gasteiger partial charge on any atom is -0.341 e. The van der Waals surface area contributed by atoms with Crippen molar-refractivity contribution in [3.8, 4) is 0 Å². The fourth-order valence-corrected chi connectivity index (χ4v) is 0.326. The SMILES string of the molecule is Br.CCCN.Cn1ccnc1. The summed E-state index contributed by atoms with van der Waals surface area (Å²) in [5.41, 5.74) is 5.03. The van der Waals surface area contributed by atoms with E-state index in [1.807, 2.05) is 17.8 Å². The van der Waals surface area contributed by atoms with Gasteiger partial charge in [0.1, 0.15) is 0 Å². The largest absolute Gasteiger partial charge is 0.341 e. The highest BCUT2D eigenvalue weighted by atomic mass is 79.9. The van der Waals surface area contributed by atoms with Crippen molar-refractivity contribution in [2.24, 2.45) is 12.8 Å². The Labute approximate surface area is 78.4 Å². The van der Waals surface area contributed by atoms with Crippen molar-refractivity contribution < 1.29 is 0 Å². The van der Waals surface area contributed by atoms with Crippen LogP contribution in [0.15, 0.2) is 18.7 Å². The lowest BCUT2D eigenvalue weighted by Gasteiger charge is -1.76. The molecule has 0 aromatic carbocycles. The molecule has 1 rings (SSSR count). The van der Waals surface area contributed by atoms with Crippen molar-refractivity contribution in [1.82, 2.24) is 9.55 Å². The zero-order valence-electron chi connectivity index (χ0n) is 7.03. The second-order valence-electron chi connectivity index (χ2n) is 2.02. The lowest BCUT2D eigenvalue weighted by molar-refractivity contribution is 0.913. The van der Waals surface area contributed by atoms with E-state index in [0.29, 0.717) is 0 Å². The van der Waals surface area contributed by atoms with E-state index in [0.717, 1.165) is 13.0 Å². The van der Waals surface area contributed by atoms with Gasteiger partial charge in [-0.05, 0) is 13.0 Å². The Hall–Kier alpha value is -0.350. The average Bonchev–Trinajstić information content (AvgIpc) is 2.40. The number of hydrogen-bond acceptors (Lipinski definition) is 2. The fourth-order valence-electron chi connectivity index (χ4n) is 0.326. The van der Waals surface area contributed by atoms with Crippen molar-refractivity contribution in [1.29, 1.82) is 0 Å². The zero-order chi connectivity index (χ0) is 7.82. The molecule has 0 aliphatic heterocycles. The Bertz CT molecular complexity index is 137. The predicted molar refractivity (Wildman–Crippen MR) is 52.9 cm³/mol. The van der Waals surface area contributed by atoms with Crippen molar-refractivity contribution >= 4 is 17.0 Å². The van der Waals surface area contributed by atoms with Crippen LogP contribution < -0.4 is 5.73 Å². The summed E-state index contributed by atoms with van der Waals surface area (Å²) in [6, 6.07) is 0. The number of halogens is 1. The van der Waals surface area contributed by atoms with Crippen LogP contribution in [0.1, 0.15) is 13.3 Å². The summed E-state index contributed by atoms with van der Waals surface area (Å²) in [4.78, 5) is 3.78. The Morgan fingerprint density at radius 3 is 2.18 bits per heavy atom. The quantitative estimate of drug-likeness (QED) is 0.779. The number of hydrogen-bond donors (Lipinski definition) is 1. The van der Waals surface area contributed by atoms with Gasteiger partial charge in [0.25, 0.3) is 0 Å². The number of imidazole rings is 1. The van der Waals surface area contributed by atoms with Crippen LogP contribution in [0.4, 0.5) is 0 Å². The number of nitrogens with zero attached hydrogens (tertiary/aromatic N) is 2. The summed E-state index contributed by atoms with van der Waals surface area (Å²) < 4.78 is 1.89. The zero-order valence-corrected chi connectivity index (χ0v) is 8.74. The maximum Gasteiger partial charge on any atom is 0.0943 e. The van der Waals surface area contributed by atoms with Crippen LogP contribution in [-0.2, 0) is 7.05 Å². The first-order valence-corrected chi connectivity index (χ1v) is 3.43. The van der Waals surface area contributed by atoms with Gasteiger partial charge in [-0.2, -0.15) is 0 Å². The third-order valence-corrected chi connectivity index (χ3v) is 0.925. The molecule has 0 bridgehead atoms. The monoisotopic (exact) mass is 221 g/mol. The number of rotatable bonds is 1. The third kappa shape index (κ3) is 9.65. The van der Waals surface area contributed by atoms with E-state index < -0.39 is 0 Å². The molecular formula is C7H16BrN3. The molecule has 1 aromatic heterocycles. The first-order valence-electron chi connectivity index (χ1n) is 3.43. The van der Waals surface area contributed by atoms with E-state index in [4.69, 9.17) is 5.73 Å². The molecule has 0 spiro atoms. The molecule has 0 fully saturated rings. The van der Waals surface area contributed by atoms with Gasteiger partial charge in [0.2, 0.25) is 0 Å². The van der Waals surface area contributed by atoms with Crippen LogP contribution >= 0.6 is 17.0 Å². The van der Waals surface area contributed by atoms with Crippen LogP contribution in [0.3, 0.4) is 0 Å². The van der Waals surface area contributed by atoms with Gasteiger partial charge in [-0.25, -0.2) is 4.98 Å². The van der Waals surface area contributed by atoms with E-state index in [-0.39, 0.29) is 17.0 Å². The van der Waals surface area contributed by atoms with Crippen LogP contribution in [0.25, 0.3) is 0 Å². The summed E-state index contributed by atoms with van der Waals surface area (Å²) in [7, 11) is 1.94. The molecule has 2 N–H and O–H groups in total. The standard InChI is InChI=1S/C4H6N2.C3H9N.BrH/c1-6-3-2-5-4-6;1-2-3-4;/h2-4H,1H3;2-4H2,1H3;1H. The van der Waals surface area contributed by atoms with Gasteiger partial charge >= 0.3 is 0 Å². The van der Waals surface area contributed by atoms with E-state index in [1.54, 1.807) is 12.5 Å². The summed E-state index contributed by atoms with van der Waals surface area (Å²) in [5.74, 6) is 0. The number of aryl methyl sites for hydroxylation is 1. The summed E-state index contributed by atoms with van der Waals surface area (Å²) in [6.45, 7) is 2.88. The molecule has 1 aromatic rings. The number of aromatic nitrogens is 2. The molecule has 0 unspecified atom stereocenters. The molecule has 0 saturated heterocycles. The van der Waals surface area contributed by atoms with Gasteiger partial charge in [0.05, 0.1) is 6.33 Å². The molecule has 0 saturated carbocycles. The molecule has 0 radical (unpaired) electrons. The lowest BCUT2D eigenvalue weighted by atomic mass is 10.5. The van der Waals surface area contributed by atoms with Gasteiger partial charge < -0.3 is 10.3 Å². The highest BCUT2D eigenvalue weighted by Crippen LogP contribution is 1.73. The van der Waals surface area contributed by atoms with E-state index >= 15 is 0 Å². The molecular weight excluding hydrogens is 206 g/mol. The van der Waals surface area contributed by atoms with Crippen molar-refractivity contribution in [3.63, 3.8) is 0 Å². The first kappa shape index (κ1) is 13.3. The molecule has 1 heterocycles. The van der Waals surface area contributed by atoms with Crippen molar-refractivity contribution in [2.45, 2.75) is 13.3 Å². The van der Waals surface area contributed by atoms with Gasteiger partial charge in [0, 0.05) is 19.4 Å². The van der Waals surface area contributed by atoms with E-state index in [2.05, 4.69) is 11.9 Å². The number of nitrogens with two attached hydrogens (primary N) is 1. The molecule has 0 aliphatic carbocycles. The van der Waals surface area contributed by atoms with Crippen LogP contribution in [0.2, 0.25) is 0 Å². The lowest BCUT2D eigenvalue weighted by Crippen LogP contribution is -1.93. The minimum absolute atomic E-state index is 0. The highest BCUT2D eigenvalue weighted by molar-refractivity contribution is 8.93. The van der Waals surface area contributed by atoms with Gasteiger partial charge in [-0.3, -0.25) is 0 Å². The van der Waals surface area contributed by atoms with Crippen LogP contribution in [-0.4, -0.2) is 16.1 Å². The minimum atomic E-state index is 0. The fraction of sp³-hybridized carbons (Fsp3) is 0.571. The summed E-state index contributed by atoms with van der Waals surface area (Å²) in [5, 5.41) is 0. The molecule has 4 heteroatoms. The smallest absolute Gasteiger partial charge is 0.0943 e. The summed E-state index contributed by atoms with van der Waals surface area (Å²) >= 11 is 0. The van der Waals surface area contributed by atoms with Gasteiger partial charge in [0.15, 0.2) is 0 Å². The van der Waals surface area contributed by atoms with Crippen LogP contribution in [0.5, 0.6) is 0 Å². The van der Waals surface area contributed by atoms with Crippen molar-refractivity contribution in [2.75, 3.05) is 6.54 Å². The molecule has 0 atom stereocenters. The Morgan fingerprint density at radius 1 is 1.55 bits per heavy atom. The second kappa shape index (κ2) is 9.65. The predicted octanol–water partition coefficient (Wildman–Crippen LogP) is 1.35. The van der Waals surface area contributed by atoms with Crippen LogP contribution in [0, 0.1) is 0 Å². The topological polar surface area (TPSA) is 43.8 Å². The maximum atomic E-state index is 5.03. The van der Waals surface area contributed by atoms with Gasteiger partial charge in [-0.15, -0.1) is 17.0 Å². The highest BCUT2D eigenvalue weighted by Gasteiger charge is 1.69. The molecule has 3 nitrogen and oxygen atoms in total. The molecule has 0 aliphatic rings. The molecule has 11 heavy (non-hydrogen) atoms. The second-order valence-corrected chi connectivity index (χ2v) is 2.02. The van der Waals surface area contributed by atoms with Gasteiger partial charge in [-0.1, -0.05) is 6.92 Å². The normalized spacial score (nSPS) is 7.55. The average molecular weight is 222 g/mol. The van der Waals surface area contributed by atoms with E-state index in [1.165, 1.54) is 0 Å². The molecule has 66 valence electrons. The third-order valence-electron chi connectivity index (χ3n) is 0.925. The Kier molecular flexibility index (Phi) is 11.6. The Balaban J connectivity index is 0. The Morgan fingerprint density at radius 2 is 2.09 bits per heavy atom. The molecule has 0 amide bonds. The maximum absolute atomic E-state index is 5.03. The van der Waals surface area contributed by atoms with E-state index in [9.17, 15) is 0 Å². The van der Waals surface area contributed by atoms with Crippen molar-refractivity contribution in [3.05, 3.63) is 18.7 Å². The first-order chi connectivity index (χ1) is 4.81. The summed E-state index contributed by atoms with van der Waals surface area (Å²) in [6.07, 6.45) is 6.49.